The van der Waals surface area contributed by atoms with Gasteiger partial charge in [0.2, 0.25) is 11.1 Å². The molecule has 11 heteroatoms. The molecule has 1 rings (SSSR count). The number of nitrogens with one attached hydrogen (secondary N) is 1. The van der Waals surface area contributed by atoms with Crippen LogP contribution < -0.4 is 5.32 Å². The van der Waals surface area contributed by atoms with E-state index in [1.54, 1.807) is 0 Å². The van der Waals surface area contributed by atoms with Gasteiger partial charge in [-0.3, -0.25) is 14.9 Å². The second-order valence-electron chi connectivity index (χ2n) is 3.96. The number of ether oxygens (including phenoxy) is 2. The number of anilines is 1. The van der Waals surface area contributed by atoms with Gasteiger partial charge in [0, 0.05) is 6.42 Å². The largest absolute Gasteiger partial charge is 0.469 e. The Bertz CT molecular complexity index is 582. The fraction of sp³-hybridized carbons (Fsp3) is 0.455. The highest BCUT2D eigenvalue weighted by Crippen LogP contribution is 2.23. The van der Waals surface area contributed by atoms with Crippen LogP contribution in [0.3, 0.4) is 0 Å². The Labute approximate surface area is 129 Å². The van der Waals surface area contributed by atoms with E-state index in [0.29, 0.717) is 0 Å². The first-order valence-electron chi connectivity index (χ1n) is 5.97. The van der Waals surface area contributed by atoms with Crippen molar-refractivity contribution in [2.75, 3.05) is 19.5 Å². The van der Waals surface area contributed by atoms with Crippen molar-refractivity contribution in [2.45, 2.75) is 18.9 Å². The molecule has 0 spiro atoms. The second kappa shape index (κ2) is 8.08. The van der Waals surface area contributed by atoms with E-state index >= 15 is 0 Å². The lowest BCUT2D eigenvalue weighted by molar-refractivity contribution is -0.384. The van der Waals surface area contributed by atoms with Gasteiger partial charge in [-0.25, -0.2) is 9.78 Å². The Morgan fingerprint density at radius 1 is 1.45 bits per heavy atom. The summed E-state index contributed by atoms with van der Waals surface area (Å²) in [5.74, 6) is -1.50. The van der Waals surface area contributed by atoms with Gasteiger partial charge in [-0.2, -0.15) is 4.98 Å². The average molecular weight is 333 g/mol. The van der Waals surface area contributed by atoms with Crippen molar-refractivity contribution in [3.05, 3.63) is 21.6 Å². The van der Waals surface area contributed by atoms with Crippen LogP contribution >= 0.6 is 11.6 Å². The highest BCUT2D eigenvalue weighted by molar-refractivity contribution is 6.28. The summed E-state index contributed by atoms with van der Waals surface area (Å²) in [6.07, 6.45) is 0.820. The van der Waals surface area contributed by atoms with E-state index in [0.717, 1.165) is 13.3 Å². The summed E-state index contributed by atoms with van der Waals surface area (Å²) >= 11 is 5.59. The zero-order valence-corrected chi connectivity index (χ0v) is 12.5. The Morgan fingerprint density at radius 3 is 2.68 bits per heavy atom. The molecule has 0 aromatic carbocycles. The molecule has 0 fully saturated rings. The third kappa shape index (κ3) is 4.81. The minimum absolute atomic E-state index is 0.00186. The highest BCUT2D eigenvalue weighted by Gasteiger charge is 2.25. The van der Waals surface area contributed by atoms with Crippen molar-refractivity contribution >= 4 is 35.0 Å². The summed E-state index contributed by atoms with van der Waals surface area (Å²) in [7, 11) is 2.36. The van der Waals surface area contributed by atoms with Crippen molar-refractivity contribution in [1.82, 2.24) is 9.97 Å². The number of halogens is 1. The Morgan fingerprint density at radius 2 is 2.14 bits per heavy atom. The number of methoxy groups -OCH3 is 2. The summed E-state index contributed by atoms with van der Waals surface area (Å²) in [4.78, 5) is 40.2. The number of esters is 2. The van der Waals surface area contributed by atoms with Crippen LogP contribution in [0.1, 0.15) is 12.8 Å². The predicted octanol–water partition coefficient (Wildman–Crippen LogP) is 0.945. The Hall–Kier alpha value is -2.49. The quantitative estimate of drug-likeness (QED) is 0.335. The molecule has 1 aromatic heterocycles. The van der Waals surface area contributed by atoms with Crippen LogP contribution in [0.25, 0.3) is 0 Å². The molecule has 0 radical (unpaired) electrons. The van der Waals surface area contributed by atoms with Gasteiger partial charge in [-0.15, -0.1) is 0 Å². The van der Waals surface area contributed by atoms with E-state index in [1.165, 1.54) is 7.11 Å². The van der Waals surface area contributed by atoms with Crippen LogP contribution in [-0.4, -0.2) is 47.1 Å². The van der Waals surface area contributed by atoms with Gasteiger partial charge in [0.25, 0.3) is 0 Å². The zero-order valence-electron chi connectivity index (χ0n) is 11.7. The number of rotatable bonds is 7. The molecule has 0 aliphatic rings. The van der Waals surface area contributed by atoms with E-state index in [9.17, 15) is 19.7 Å². The maximum Gasteiger partial charge on any atom is 0.329 e. The minimum Gasteiger partial charge on any atom is -0.469 e. The van der Waals surface area contributed by atoms with Gasteiger partial charge in [-0.05, 0) is 18.0 Å². The lowest BCUT2D eigenvalue weighted by atomic mass is 10.1. The van der Waals surface area contributed by atoms with Gasteiger partial charge < -0.3 is 14.8 Å². The molecular formula is C11H13ClN4O6. The molecule has 1 unspecified atom stereocenters. The zero-order chi connectivity index (χ0) is 16.7. The van der Waals surface area contributed by atoms with Crippen molar-refractivity contribution in [1.29, 1.82) is 0 Å². The van der Waals surface area contributed by atoms with Gasteiger partial charge in [0.1, 0.15) is 12.2 Å². The Balaban J connectivity index is 2.98. The fourth-order valence-electron chi connectivity index (χ4n) is 1.51. The molecule has 0 aliphatic carbocycles. The average Bonchev–Trinajstić information content (AvgIpc) is 2.49. The number of hydrogen-bond acceptors (Lipinski definition) is 9. The molecule has 1 atom stereocenters. The molecule has 0 aliphatic heterocycles. The third-order valence-electron chi connectivity index (χ3n) is 2.60. The summed E-state index contributed by atoms with van der Waals surface area (Å²) in [6, 6.07) is -1.03. The number of hydrogen-bond donors (Lipinski definition) is 1. The van der Waals surface area contributed by atoms with Crippen LogP contribution in [0.15, 0.2) is 6.20 Å². The first-order valence-corrected chi connectivity index (χ1v) is 6.35. The molecule has 0 saturated carbocycles. The van der Waals surface area contributed by atoms with Crippen molar-refractivity contribution in [3.8, 4) is 0 Å². The van der Waals surface area contributed by atoms with E-state index in [2.05, 4.69) is 24.8 Å². The number of carbonyl (C=O) groups excluding carboxylic acids is 2. The summed E-state index contributed by atoms with van der Waals surface area (Å²) in [6.45, 7) is 0. The monoisotopic (exact) mass is 332 g/mol. The highest BCUT2D eigenvalue weighted by atomic mass is 35.5. The van der Waals surface area contributed by atoms with E-state index in [-0.39, 0.29) is 23.9 Å². The first-order chi connectivity index (χ1) is 10.4. The Kier molecular flexibility index (Phi) is 6.45. The maximum absolute atomic E-state index is 11.7. The van der Waals surface area contributed by atoms with Gasteiger partial charge in [-0.1, -0.05) is 0 Å². The third-order valence-corrected chi connectivity index (χ3v) is 2.78. The van der Waals surface area contributed by atoms with Gasteiger partial charge >= 0.3 is 17.6 Å². The van der Waals surface area contributed by atoms with E-state index in [1.807, 2.05) is 0 Å². The van der Waals surface area contributed by atoms with E-state index < -0.39 is 28.6 Å². The fourth-order valence-corrected chi connectivity index (χ4v) is 1.65. The van der Waals surface area contributed by atoms with Crippen molar-refractivity contribution in [3.63, 3.8) is 0 Å². The first kappa shape index (κ1) is 17.6. The number of nitrogens with zero attached hydrogens (tertiary/aromatic N) is 3. The van der Waals surface area contributed by atoms with E-state index in [4.69, 9.17) is 11.6 Å². The molecular weight excluding hydrogens is 320 g/mol. The summed E-state index contributed by atoms with van der Waals surface area (Å²) in [5.41, 5.74) is -0.462. The predicted molar refractivity (Wildman–Crippen MR) is 74.4 cm³/mol. The lowest BCUT2D eigenvalue weighted by Gasteiger charge is -2.16. The molecule has 0 bridgehead atoms. The van der Waals surface area contributed by atoms with Gasteiger partial charge in [0.15, 0.2) is 0 Å². The molecule has 22 heavy (non-hydrogen) atoms. The van der Waals surface area contributed by atoms with Crippen LogP contribution in [0.5, 0.6) is 0 Å². The van der Waals surface area contributed by atoms with Crippen LogP contribution in [0, 0.1) is 10.1 Å². The molecule has 0 amide bonds. The standard InChI is InChI=1S/C11H13ClN4O6/c1-21-8(17)4-3-6(10(18)22-2)14-9-7(16(19)20)5-13-11(12)15-9/h5-6H,3-4H2,1-2H3,(H,13,14,15). The molecule has 120 valence electrons. The van der Waals surface area contributed by atoms with Crippen molar-refractivity contribution in [2.24, 2.45) is 0 Å². The summed E-state index contributed by atoms with van der Waals surface area (Å²) in [5, 5.41) is 13.2. The molecule has 1 aromatic rings. The number of nitro groups is 1. The molecule has 1 heterocycles. The molecule has 0 saturated heterocycles. The van der Waals surface area contributed by atoms with Crippen LogP contribution in [-0.2, 0) is 19.1 Å². The topological polar surface area (TPSA) is 134 Å². The molecule has 1 N–H and O–H groups in total. The number of aromatic nitrogens is 2. The smallest absolute Gasteiger partial charge is 0.329 e. The minimum atomic E-state index is -1.03. The lowest BCUT2D eigenvalue weighted by Crippen LogP contribution is -2.32. The van der Waals surface area contributed by atoms with Crippen LogP contribution in [0.4, 0.5) is 11.5 Å². The number of carbonyl (C=O) groups is 2. The van der Waals surface area contributed by atoms with Gasteiger partial charge in [0.05, 0.1) is 19.1 Å². The van der Waals surface area contributed by atoms with Crippen LogP contribution in [0.2, 0.25) is 5.28 Å². The summed E-state index contributed by atoms with van der Waals surface area (Å²) < 4.78 is 9.05. The molecule has 10 nitrogen and oxygen atoms in total. The SMILES string of the molecule is COC(=O)CCC(Nc1nc(Cl)ncc1[N+](=O)[O-])C(=O)OC. The normalized spacial score (nSPS) is 11.4. The second-order valence-corrected chi connectivity index (χ2v) is 4.30. The maximum atomic E-state index is 11.7. The van der Waals surface area contributed by atoms with Crippen molar-refractivity contribution < 1.29 is 24.0 Å².